The molecule has 1 fully saturated rings. The molecule has 2 aromatic rings. The van der Waals surface area contributed by atoms with E-state index < -0.39 is 6.10 Å². The zero-order valence-corrected chi connectivity index (χ0v) is 18.7. The van der Waals surface area contributed by atoms with E-state index in [-0.39, 0.29) is 11.8 Å². The summed E-state index contributed by atoms with van der Waals surface area (Å²) in [6, 6.07) is 12.0. The number of halogens is 2. The molecule has 154 valence electrons. The maximum Gasteiger partial charge on any atom is 0.265 e. The molecule has 1 heterocycles. The van der Waals surface area contributed by atoms with Crippen LogP contribution in [-0.2, 0) is 4.79 Å². The van der Waals surface area contributed by atoms with Crippen molar-refractivity contribution in [2.45, 2.75) is 13.0 Å². The zero-order chi connectivity index (χ0) is 21.0. The van der Waals surface area contributed by atoms with Gasteiger partial charge in [-0.15, -0.1) is 0 Å². The number of hydrogen-bond acceptors (Lipinski definition) is 4. The lowest BCUT2D eigenvalue weighted by molar-refractivity contribution is -0.122. The van der Waals surface area contributed by atoms with E-state index in [1.165, 1.54) is 0 Å². The number of hydrogen-bond donors (Lipinski definition) is 1. The number of likely N-dealkylation sites (N-methyl/N-ethyl adjacent to an activating group) is 1. The van der Waals surface area contributed by atoms with Crippen LogP contribution in [-0.4, -0.2) is 60.9 Å². The number of anilines is 1. The van der Waals surface area contributed by atoms with Crippen molar-refractivity contribution in [1.82, 2.24) is 9.80 Å². The fourth-order valence-electron chi connectivity index (χ4n) is 2.95. The molecule has 0 saturated carbocycles. The minimum absolute atomic E-state index is 0.0141. The quantitative estimate of drug-likeness (QED) is 0.705. The Kier molecular flexibility index (Phi) is 7.16. The first-order valence-corrected chi connectivity index (χ1v) is 10.5. The highest BCUT2D eigenvalue weighted by atomic mass is 79.9. The van der Waals surface area contributed by atoms with Crippen molar-refractivity contribution in [3.05, 3.63) is 57.5 Å². The molecule has 0 bridgehead atoms. The topological polar surface area (TPSA) is 61.9 Å². The Morgan fingerprint density at radius 3 is 2.38 bits per heavy atom. The Labute approximate surface area is 183 Å². The number of piperazine rings is 1. The van der Waals surface area contributed by atoms with Crippen molar-refractivity contribution < 1.29 is 14.3 Å². The third-order valence-corrected chi connectivity index (χ3v) is 5.61. The van der Waals surface area contributed by atoms with E-state index in [0.29, 0.717) is 26.5 Å². The number of ether oxygens (including phenoxy) is 1. The van der Waals surface area contributed by atoms with Crippen LogP contribution in [0.5, 0.6) is 5.75 Å². The van der Waals surface area contributed by atoms with E-state index in [0.717, 1.165) is 26.2 Å². The van der Waals surface area contributed by atoms with Crippen LogP contribution < -0.4 is 10.1 Å². The molecule has 0 spiro atoms. The van der Waals surface area contributed by atoms with Crippen molar-refractivity contribution in [3.8, 4) is 5.75 Å². The van der Waals surface area contributed by atoms with Gasteiger partial charge in [0.1, 0.15) is 5.75 Å². The monoisotopic (exact) mass is 479 g/mol. The van der Waals surface area contributed by atoms with E-state index in [2.05, 4.69) is 33.2 Å². The van der Waals surface area contributed by atoms with Crippen molar-refractivity contribution in [1.29, 1.82) is 0 Å². The average Bonchev–Trinajstić information content (AvgIpc) is 2.70. The first kappa shape index (κ1) is 21.6. The van der Waals surface area contributed by atoms with Gasteiger partial charge in [-0.2, -0.15) is 0 Å². The van der Waals surface area contributed by atoms with Crippen LogP contribution in [0, 0.1) is 0 Å². The third-order valence-electron chi connectivity index (χ3n) is 4.76. The molecular weight excluding hydrogens is 458 g/mol. The first-order valence-electron chi connectivity index (χ1n) is 9.34. The minimum atomic E-state index is -0.709. The Balaban J connectivity index is 1.57. The van der Waals surface area contributed by atoms with Crippen molar-refractivity contribution in [3.63, 3.8) is 0 Å². The van der Waals surface area contributed by atoms with Gasteiger partial charge < -0.3 is 19.9 Å². The molecule has 3 rings (SSSR count). The highest BCUT2D eigenvalue weighted by molar-refractivity contribution is 9.10. The Morgan fingerprint density at radius 2 is 1.76 bits per heavy atom. The van der Waals surface area contributed by atoms with Crippen molar-refractivity contribution >= 4 is 45.0 Å². The highest BCUT2D eigenvalue weighted by Gasteiger charge is 2.21. The van der Waals surface area contributed by atoms with Gasteiger partial charge in [0.25, 0.3) is 11.8 Å². The molecule has 1 N–H and O–H groups in total. The molecule has 8 heteroatoms. The summed E-state index contributed by atoms with van der Waals surface area (Å²) in [5.74, 6) is 0.260. The van der Waals surface area contributed by atoms with Gasteiger partial charge in [0.2, 0.25) is 0 Å². The Bertz CT molecular complexity index is 883. The SMILES string of the molecule is CC(Oc1ccc(Cl)cc1Br)C(=O)Nc1ccc(C(=O)N2CCN(C)CC2)cc1. The molecule has 29 heavy (non-hydrogen) atoms. The lowest BCUT2D eigenvalue weighted by Crippen LogP contribution is -2.47. The van der Waals surface area contributed by atoms with Gasteiger partial charge in [-0.05, 0) is 72.4 Å². The van der Waals surface area contributed by atoms with Crippen LogP contribution in [0.4, 0.5) is 5.69 Å². The highest BCUT2D eigenvalue weighted by Crippen LogP contribution is 2.29. The van der Waals surface area contributed by atoms with E-state index in [1.807, 2.05) is 4.90 Å². The van der Waals surface area contributed by atoms with Crippen LogP contribution in [0.1, 0.15) is 17.3 Å². The molecule has 2 amide bonds. The van der Waals surface area contributed by atoms with Gasteiger partial charge >= 0.3 is 0 Å². The molecular formula is C21H23BrClN3O3. The Hall–Kier alpha value is -2.09. The number of carbonyl (C=O) groups is 2. The van der Waals surface area contributed by atoms with Crippen LogP contribution in [0.3, 0.4) is 0 Å². The molecule has 0 radical (unpaired) electrons. The van der Waals surface area contributed by atoms with E-state index in [1.54, 1.807) is 49.4 Å². The number of amides is 2. The standard InChI is InChI=1S/C21H23BrClN3O3/c1-14(29-19-8-5-16(23)13-18(19)22)20(27)24-17-6-3-15(4-7-17)21(28)26-11-9-25(2)10-12-26/h3-8,13-14H,9-12H2,1-2H3,(H,24,27). The number of carbonyl (C=O) groups excluding carboxylic acids is 2. The molecule has 2 aromatic carbocycles. The summed E-state index contributed by atoms with van der Waals surface area (Å²) < 4.78 is 6.38. The second kappa shape index (κ2) is 9.61. The summed E-state index contributed by atoms with van der Waals surface area (Å²) in [6.07, 6.45) is -0.709. The van der Waals surface area contributed by atoms with Gasteiger partial charge in [-0.3, -0.25) is 9.59 Å². The molecule has 1 aliphatic rings. The summed E-state index contributed by atoms with van der Waals surface area (Å²) in [7, 11) is 2.05. The summed E-state index contributed by atoms with van der Waals surface area (Å²) in [4.78, 5) is 29.1. The predicted octanol–water partition coefficient (Wildman–Crippen LogP) is 3.90. The average molecular weight is 481 g/mol. The number of benzene rings is 2. The van der Waals surface area contributed by atoms with Gasteiger partial charge in [0, 0.05) is 42.5 Å². The third kappa shape index (κ3) is 5.72. The van der Waals surface area contributed by atoms with E-state index in [9.17, 15) is 9.59 Å². The van der Waals surface area contributed by atoms with Crippen molar-refractivity contribution in [2.24, 2.45) is 0 Å². The fourth-order valence-corrected chi connectivity index (χ4v) is 3.72. The van der Waals surface area contributed by atoms with Crippen LogP contribution in [0.15, 0.2) is 46.9 Å². The molecule has 1 atom stereocenters. The number of nitrogens with one attached hydrogen (secondary N) is 1. The maximum absolute atomic E-state index is 12.6. The lowest BCUT2D eigenvalue weighted by Gasteiger charge is -2.32. The van der Waals surface area contributed by atoms with E-state index in [4.69, 9.17) is 16.3 Å². The molecule has 0 aliphatic carbocycles. The van der Waals surface area contributed by atoms with Gasteiger partial charge in [-0.1, -0.05) is 11.6 Å². The number of rotatable bonds is 5. The molecule has 0 aromatic heterocycles. The fraction of sp³-hybridized carbons (Fsp3) is 0.333. The summed E-state index contributed by atoms with van der Waals surface area (Å²) in [6.45, 7) is 4.87. The summed E-state index contributed by atoms with van der Waals surface area (Å²) in [5.41, 5.74) is 1.22. The largest absolute Gasteiger partial charge is 0.480 e. The van der Waals surface area contributed by atoms with Crippen LogP contribution in [0.25, 0.3) is 0 Å². The van der Waals surface area contributed by atoms with Gasteiger partial charge in [0.15, 0.2) is 6.10 Å². The van der Waals surface area contributed by atoms with Crippen LogP contribution in [0.2, 0.25) is 5.02 Å². The smallest absolute Gasteiger partial charge is 0.265 e. The second-order valence-corrected chi connectivity index (χ2v) is 8.29. The molecule has 6 nitrogen and oxygen atoms in total. The molecule has 1 unspecified atom stereocenters. The lowest BCUT2D eigenvalue weighted by atomic mass is 10.1. The minimum Gasteiger partial charge on any atom is -0.480 e. The first-order chi connectivity index (χ1) is 13.8. The summed E-state index contributed by atoms with van der Waals surface area (Å²) >= 11 is 9.29. The van der Waals surface area contributed by atoms with Gasteiger partial charge in [0.05, 0.1) is 4.47 Å². The Morgan fingerprint density at radius 1 is 1.10 bits per heavy atom. The van der Waals surface area contributed by atoms with E-state index >= 15 is 0 Å². The number of nitrogens with zero attached hydrogens (tertiary/aromatic N) is 2. The van der Waals surface area contributed by atoms with Gasteiger partial charge in [-0.25, -0.2) is 0 Å². The van der Waals surface area contributed by atoms with Crippen molar-refractivity contribution in [2.75, 3.05) is 38.5 Å². The predicted molar refractivity (Wildman–Crippen MR) is 118 cm³/mol. The molecule has 1 aliphatic heterocycles. The maximum atomic E-state index is 12.6. The normalized spacial score (nSPS) is 15.7. The second-order valence-electron chi connectivity index (χ2n) is 7.00. The molecule has 1 saturated heterocycles. The zero-order valence-electron chi connectivity index (χ0n) is 16.3. The summed E-state index contributed by atoms with van der Waals surface area (Å²) in [5, 5.41) is 3.38. The van der Waals surface area contributed by atoms with Crippen LogP contribution >= 0.6 is 27.5 Å².